The molecule has 0 saturated carbocycles. The third kappa shape index (κ3) is 4.29. The van der Waals surface area contributed by atoms with Gasteiger partial charge in [0.1, 0.15) is 0 Å². The molecule has 0 fully saturated rings. The second-order valence-electron chi connectivity index (χ2n) is 3.39. The molecular formula is C8H20BrN. The average molecular weight is 210 g/mol. The lowest BCUT2D eigenvalue weighted by molar-refractivity contribution is 0.297. The van der Waals surface area contributed by atoms with Gasteiger partial charge in [-0.1, -0.05) is 27.7 Å². The van der Waals surface area contributed by atoms with E-state index in [0.717, 1.165) is 18.4 Å². The summed E-state index contributed by atoms with van der Waals surface area (Å²) in [5.74, 6) is 2.16. The Morgan fingerprint density at radius 1 is 1.00 bits per heavy atom. The topological polar surface area (TPSA) is 26.0 Å². The Hall–Kier alpha value is 0.440. The molecule has 0 amide bonds. The quantitative estimate of drug-likeness (QED) is 0.760. The first-order chi connectivity index (χ1) is 4.09. The van der Waals surface area contributed by atoms with Crippen LogP contribution in [-0.4, -0.2) is 6.54 Å². The van der Waals surface area contributed by atoms with Crippen LogP contribution >= 0.6 is 17.0 Å². The van der Waals surface area contributed by atoms with E-state index in [-0.39, 0.29) is 17.0 Å². The first-order valence-electron chi connectivity index (χ1n) is 3.79. The molecule has 0 atom stereocenters. The Morgan fingerprint density at radius 2 is 1.30 bits per heavy atom. The van der Waals surface area contributed by atoms with Crippen LogP contribution in [0.15, 0.2) is 0 Å². The zero-order valence-corrected chi connectivity index (χ0v) is 9.14. The smallest absolute Gasteiger partial charge is 0.00440 e. The first-order valence-corrected chi connectivity index (χ1v) is 3.79. The fraction of sp³-hybridized carbons (Fsp3) is 1.00. The van der Waals surface area contributed by atoms with Crippen LogP contribution in [0.3, 0.4) is 0 Å². The van der Waals surface area contributed by atoms with Crippen molar-refractivity contribution in [1.29, 1.82) is 0 Å². The molecule has 0 aliphatic carbocycles. The van der Waals surface area contributed by atoms with Gasteiger partial charge in [0.25, 0.3) is 0 Å². The first kappa shape index (κ1) is 13.1. The number of halogens is 1. The summed E-state index contributed by atoms with van der Waals surface area (Å²) in [4.78, 5) is 0. The molecule has 0 rings (SSSR count). The van der Waals surface area contributed by atoms with Crippen molar-refractivity contribution in [2.24, 2.45) is 23.5 Å². The molecule has 0 spiro atoms. The molecule has 64 valence electrons. The van der Waals surface area contributed by atoms with Crippen LogP contribution in [0, 0.1) is 17.8 Å². The van der Waals surface area contributed by atoms with Crippen LogP contribution in [0.2, 0.25) is 0 Å². The monoisotopic (exact) mass is 209 g/mol. The number of hydrogen-bond donors (Lipinski definition) is 1. The number of rotatable bonds is 3. The highest BCUT2D eigenvalue weighted by Crippen LogP contribution is 2.18. The van der Waals surface area contributed by atoms with Gasteiger partial charge in [-0.05, 0) is 24.3 Å². The molecular weight excluding hydrogens is 190 g/mol. The van der Waals surface area contributed by atoms with E-state index in [9.17, 15) is 0 Å². The Labute approximate surface area is 75.1 Å². The third-order valence-electron chi connectivity index (χ3n) is 1.98. The van der Waals surface area contributed by atoms with Gasteiger partial charge in [0.05, 0.1) is 0 Å². The minimum atomic E-state index is 0. The predicted molar refractivity (Wildman–Crippen MR) is 52.5 cm³/mol. The lowest BCUT2D eigenvalue weighted by Gasteiger charge is -2.22. The third-order valence-corrected chi connectivity index (χ3v) is 1.98. The van der Waals surface area contributed by atoms with Gasteiger partial charge in [0.2, 0.25) is 0 Å². The molecule has 0 aromatic rings. The van der Waals surface area contributed by atoms with Crippen molar-refractivity contribution in [3.8, 4) is 0 Å². The lowest BCUT2D eigenvalue weighted by Crippen LogP contribution is -2.24. The summed E-state index contributed by atoms with van der Waals surface area (Å²) in [7, 11) is 0. The van der Waals surface area contributed by atoms with Crippen molar-refractivity contribution in [2.45, 2.75) is 27.7 Å². The summed E-state index contributed by atoms with van der Waals surface area (Å²) in [6.07, 6.45) is 0. The van der Waals surface area contributed by atoms with Crippen molar-refractivity contribution in [3.05, 3.63) is 0 Å². The van der Waals surface area contributed by atoms with E-state index >= 15 is 0 Å². The van der Waals surface area contributed by atoms with Crippen LogP contribution in [-0.2, 0) is 0 Å². The molecule has 2 heteroatoms. The molecule has 0 unspecified atom stereocenters. The lowest BCUT2D eigenvalue weighted by atomic mass is 9.86. The van der Waals surface area contributed by atoms with E-state index in [4.69, 9.17) is 5.73 Å². The Bertz CT molecular complexity index is 63.7. The van der Waals surface area contributed by atoms with Gasteiger partial charge in [0.15, 0.2) is 0 Å². The van der Waals surface area contributed by atoms with E-state index in [2.05, 4.69) is 27.7 Å². The summed E-state index contributed by atoms with van der Waals surface area (Å²) in [6.45, 7) is 9.76. The molecule has 10 heavy (non-hydrogen) atoms. The zero-order valence-electron chi connectivity index (χ0n) is 7.42. The summed E-state index contributed by atoms with van der Waals surface area (Å²) in [6, 6.07) is 0. The molecule has 1 nitrogen and oxygen atoms in total. The van der Waals surface area contributed by atoms with Gasteiger partial charge in [-0.25, -0.2) is 0 Å². The highest BCUT2D eigenvalue weighted by molar-refractivity contribution is 8.93. The van der Waals surface area contributed by atoms with Crippen LogP contribution in [0.25, 0.3) is 0 Å². The Morgan fingerprint density at radius 3 is 1.30 bits per heavy atom. The van der Waals surface area contributed by atoms with E-state index in [1.54, 1.807) is 0 Å². The van der Waals surface area contributed by atoms with Gasteiger partial charge in [0, 0.05) is 0 Å². The van der Waals surface area contributed by atoms with E-state index in [0.29, 0.717) is 5.92 Å². The summed E-state index contributed by atoms with van der Waals surface area (Å²) in [5, 5.41) is 0. The number of nitrogens with two attached hydrogens (primary N) is 1. The summed E-state index contributed by atoms with van der Waals surface area (Å²) in [5.41, 5.74) is 5.57. The van der Waals surface area contributed by atoms with Crippen molar-refractivity contribution < 1.29 is 0 Å². The van der Waals surface area contributed by atoms with Crippen molar-refractivity contribution in [1.82, 2.24) is 0 Å². The standard InChI is InChI=1S/C8H19N.BrH/c1-6(2)8(5-9)7(3)4;/h6-8H,5,9H2,1-4H3;1H. The molecule has 0 aliphatic heterocycles. The highest BCUT2D eigenvalue weighted by atomic mass is 79.9. The second kappa shape index (κ2) is 6.17. The van der Waals surface area contributed by atoms with Crippen LogP contribution in [0.4, 0.5) is 0 Å². The van der Waals surface area contributed by atoms with E-state index < -0.39 is 0 Å². The van der Waals surface area contributed by atoms with Crippen molar-refractivity contribution >= 4 is 17.0 Å². The predicted octanol–water partition coefficient (Wildman–Crippen LogP) is 2.45. The van der Waals surface area contributed by atoms with Gasteiger partial charge < -0.3 is 5.73 Å². The highest BCUT2D eigenvalue weighted by Gasteiger charge is 2.14. The maximum Gasteiger partial charge on any atom is -0.00440 e. The van der Waals surface area contributed by atoms with Gasteiger partial charge in [-0.2, -0.15) is 0 Å². The SMILES string of the molecule is Br.CC(C)C(CN)C(C)C. The molecule has 0 heterocycles. The van der Waals surface area contributed by atoms with Gasteiger partial charge >= 0.3 is 0 Å². The largest absolute Gasteiger partial charge is 0.330 e. The van der Waals surface area contributed by atoms with E-state index in [1.165, 1.54) is 0 Å². The molecule has 0 aromatic heterocycles. The molecule has 2 N–H and O–H groups in total. The van der Waals surface area contributed by atoms with Crippen molar-refractivity contribution in [2.75, 3.05) is 6.54 Å². The van der Waals surface area contributed by atoms with E-state index in [1.807, 2.05) is 0 Å². The summed E-state index contributed by atoms with van der Waals surface area (Å²) >= 11 is 0. The zero-order chi connectivity index (χ0) is 7.44. The van der Waals surface area contributed by atoms with Gasteiger partial charge in [-0.3, -0.25) is 0 Å². The molecule has 0 saturated heterocycles. The molecule has 0 bridgehead atoms. The van der Waals surface area contributed by atoms with Crippen LogP contribution < -0.4 is 5.73 Å². The second-order valence-corrected chi connectivity index (χ2v) is 3.39. The summed E-state index contributed by atoms with van der Waals surface area (Å²) < 4.78 is 0. The molecule has 0 aromatic carbocycles. The normalized spacial score (nSPS) is 10.8. The molecule has 0 aliphatic rings. The van der Waals surface area contributed by atoms with Crippen LogP contribution in [0.5, 0.6) is 0 Å². The minimum absolute atomic E-state index is 0. The maximum absolute atomic E-state index is 5.57. The Kier molecular flexibility index (Phi) is 8.06. The fourth-order valence-corrected chi connectivity index (χ4v) is 1.31. The maximum atomic E-state index is 5.57. The van der Waals surface area contributed by atoms with Gasteiger partial charge in [-0.15, -0.1) is 17.0 Å². The average Bonchev–Trinajstić information content (AvgIpc) is 1.64. The minimum Gasteiger partial charge on any atom is -0.330 e. The number of hydrogen-bond acceptors (Lipinski definition) is 1. The Balaban J connectivity index is 0. The fourth-order valence-electron chi connectivity index (χ4n) is 1.31. The molecule has 0 radical (unpaired) electrons. The van der Waals surface area contributed by atoms with Crippen molar-refractivity contribution in [3.63, 3.8) is 0 Å². The van der Waals surface area contributed by atoms with Crippen LogP contribution in [0.1, 0.15) is 27.7 Å².